The maximum absolute atomic E-state index is 6.38. The molecule has 0 amide bonds. The van der Waals surface area contributed by atoms with Gasteiger partial charge in [0.1, 0.15) is 0 Å². The molecular formula is C13H30N2. The molecule has 0 saturated heterocycles. The van der Waals surface area contributed by atoms with Crippen molar-refractivity contribution in [1.82, 2.24) is 0 Å². The Morgan fingerprint density at radius 2 is 1.40 bits per heavy atom. The zero-order chi connectivity index (χ0) is 12.3. The second-order valence-corrected chi connectivity index (χ2v) is 6.80. The molecular weight excluding hydrogens is 184 g/mol. The standard InChI is InChI=1S/C13H30N2/c1-12(2,3)10(8-7-9-14)11(15)13(4,5)6/h10-11H,7-9,14-15H2,1-6H3. The van der Waals surface area contributed by atoms with Gasteiger partial charge in [-0.3, -0.25) is 0 Å². The summed E-state index contributed by atoms with van der Waals surface area (Å²) in [6.07, 6.45) is 2.21. The van der Waals surface area contributed by atoms with E-state index in [1.54, 1.807) is 0 Å². The summed E-state index contributed by atoms with van der Waals surface area (Å²) in [6.45, 7) is 14.3. The minimum atomic E-state index is 0.173. The highest BCUT2D eigenvalue weighted by Crippen LogP contribution is 2.37. The molecule has 4 N–H and O–H groups in total. The molecule has 0 radical (unpaired) electrons. The lowest BCUT2D eigenvalue weighted by Gasteiger charge is -2.41. The lowest BCUT2D eigenvalue weighted by Crippen LogP contribution is -2.47. The zero-order valence-corrected chi connectivity index (χ0v) is 11.4. The van der Waals surface area contributed by atoms with E-state index in [0.717, 1.165) is 19.4 Å². The van der Waals surface area contributed by atoms with Crippen LogP contribution >= 0.6 is 0 Å². The van der Waals surface area contributed by atoms with Crippen LogP contribution < -0.4 is 11.5 Å². The fraction of sp³-hybridized carbons (Fsp3) is 1.00. The first-order valence-corrected chi connectivity index (χ1v) is 6.06. The molecule has 0 fully saturated rings. The van der Waals surface area contributed by atoms with Crippen molar-refractivity contribution >= 4 is 0 Å². The maximum atomic E-state index is 6.38. The summed E-state index contributed by atoms with van der Waals surface area (Å²) in [5, 5.41) is 0. The van der Waals surface area contributed by atoms with Crippen molar-refractivity contribution < 1.29 is 0 Å². The van der Waals surface area contributed by atoms with Gasteiger partial charge in [-0.25, -0.2) is 0 Å². The van der Waals surface area contributed by atoms with E-state index >= 15 is 0 Å². The van der Waals surface area contributed by atoms with E-state index in [-0.39, 0.29) is 16.9 Å². The molecule has 0 heterocycles. The normalized spacial score (nSPS) is 17.6. The Balaban J connectivity index is 4.64. The van der Waals surface area contributed by atoms with Crippen LogP contribution in [0.4, 0.5) is 0 Å². The van der Waals surface area contributed by atoms with Gasteiger partial charge in [-0.15, -0.1) is 0 Å². The molecule has 0 aromatic carbocycles. The number of hydrogen-bond donors (Lipinski definition) is 2. The van der Waals surface area contributed by atoms with Crippen LogP contribution in [-0.2, 0) is 0 Å². The first-order chi connectivity index (χ1) is 6.60. The zero-order valence-electron chi connectivity index (χ0n) is 11.4. The summed E-state index contributed by atoms with van der Waals surface area (Å²) in [5.74, 6) is 0.543. The molecule has 0 aliphatic heterocycles. The average Bonchev–Trinajstić information content (AvgIpc) is 2.00. The van der Waals surface area contributed by atoms with Crippen LogP contribution in [0.25, 0.3) is 0 Å². The van der Waals surface area contributed by atoms with Crippen molar-refractivity contribution in [2.75, 3.05) is 6.54 Å². The third kappa shape index (κ3) is 4.98. The van der Waals surface area contributed by atoms with Crippen molar-refractivity contribution in [2.24, 2.45) is 28.2 Å². The molecule has 0 rings (SSSR count). The SMILES string of the molecule is CC(C)(C)C(N)C(CCCN)C(C)(C)C. The number of hydrogen-bond acceptors (Lipinski definition) is 2. The largest absolute Gasteiger partial charge is 0.330 e. The van der Waals surface area contributed by atoms with E-state index in [4.69, 9.17) is 11.5 Å². The molecule has 0 saturated carbocycles. The van der Waals surface area contributed by atoms with Gasteiger partial charge in [0.2, 0.25) is 0 Å². The topological polar surface area (TPSA) is 52.0 Å². The first kappa shape index (κ1) is 14.9. The lowest BCUT2D eigenvalue weighted by molar-refractivity contribution is 0.119. The van der Waals surface area contributed by atoms with E-state index in [9.17, 15) is 0 Å². The van der Waals surface area contributed by atoms with Crippen molar-refractivity contribution in [3.05, 3.63) is 0 Å². The van der Waals surface area contributed by atoms with Crippen LogP contribution in [0.1, 0.15) is 54.4 Å². The average molecular weight is 214 g/mol. The lowest BCUT2D eigenvalue weighted by atomic mass is 9.67. The number of rotatable bonds is 4. The van der Waals surface area contributed by atoms with Gasteiger partial charge in [0.05, 0.1) is 0 Å². The van der Waals surface area contributed by atoms with Crippen LogP contribution in [-0.4, -0.2) is 12.6 Å². The Morgan fingerprint density at radius 3 is 1.67 bits per heavy atom. The molecule has 2 unspecified atom stereocenters. The third-order valence-corrected chi connectivity index (χ3v) is 3.27. The fourth-order valence-corrected chi connectivity index (χ4v) is 2.09. The Hall–Kier alpha value is -0.0800. The summed E-state index contributed by atoms with van der Waals surface area (Å²) in [5.41, 5.74) is 12.4. The summed E-state index contributed by atoms with van der Waals surface area (Å²) in [7, 11) is 0. The molecule has 0 aromatic rings. The summed E-state index contributed by atoms with van der Waals surface area (Å²) < 4.78 is 0. The highest BCUT2D eigenvalue weighted by atomic mass is 14.7. The second-order valence-electron chi connectivity index (χ2n) is 6.80. The highest BCUT2D eigenvalue weighted by molar-refractivity contribution is 4.89. The van der Waals surface area contributed by atoms with Gasteiger partial charge >= 0.3 is 0 Å². The molecule has 2 atom stereocenters. The van der Waals surface area contributed by atoms with Gasteiger partial charge in [0.25, 0.3) is 0 Å². The van der Waals surface area contributed by atoms with Gasteiger partial charge in [-0.2, -0.15) is 0 Å². The molecule has 0 aliphatic rings. The summed E-state index contributed by atoms with van der Waals surface area (Å²) >= 11 is 0. The Labute approximate surface area is 95.8 Å². The van der Waals surface area contributed by atoms with Crippen LogP contribution in [0.2, 0.25) is 0 Å². The smallest absolute Gasteiger partial charge is 0.0121 e. The quantitative estimate of drug-likeness (QED) is 0.756. The molecule has 2 nitrogen and oxygen atoms in total. The maximum Gasteiger partial charge on any atom is 0.0121 e. The minimum Gasteiger partial charge on any atom is -0.330 e. The Kier molecular flexibility index (Phi) is 5.28. The summed E-state index contributed by atoms with van der Waals surface area (Å²) in [6, 6.07) is 0.240. The van der Waals surface area contributed by atoms with Crippen molar-refractivity contribution in [3.8, 4) is 0 Å². The molecule has 0 aromatic heterocycles. The molecule has 15 heavy (non-hydrogen) atoms. The molecule has 0 bridgehead atoms. The van der Waals surface area contributed by atoms with Crippen molar-refractivity contribution in [1.29, 1.82) is 0 Å². The molecule has 0 spiro atoms. The molecule has 92 valence electrons. The predicted octanol–water partition coefficient (Wildman–Crippen LogP) is 2.76. The van der Waals surface area contributed by atoms with Crippen molar-refractivity contribution in [3.63, 3.8) is 0 Å². The van der Waals surface area contributed by atoms with Gasteiger partial charge < -0.3 is 11.5 Å². The second kappa shape index (κ2) is 5.31. The van der Waals surface area contributed by atoms with Gasteiger partial charge in [0, 0.05) is 6.04 Å². The van der Waals surface area contributed by atoms with Crippen molar-refractivity contribution in [2.45, 2.75) is 60.4 Å². The Bertz CT molecular complexity index is 174. The summed E-state index contributed by atoms with van der Waals surface area (Å²) in [4.78, 5) is 0. The van der Waals surface area contributed by atoms with Crippen LogP contribution in [0.3, 0.4) is 0 Å². The monoisotopic (exact) mass is 214 g/mol. The molecule has 0 aliphatic carbocycles. The first-order valence-electron chi connectivity index (χ1n) is 6.06. The van der Waals surface area contributed by atoms with Crippen LogP contribution in [0.15, 0.2) is 0 Å². The number of nitrogens with two attached hydrogens (primary N) is 2. The van der Waals surface area contributed by atoms with E-state index in [1.165, 1.54) is 0 Å². The fourth-order valence-electron chi connectivity index (χ4n) is 2.09. The van der Waals surface area contributed by atoms with Crippen LogP contribution in [0, 0.1) is 16.7 Å². The van der Waals surface area contributed by atoms with Gasteiger partial charge in [0.15, 0.2) is 0 Å². The highest BCUT2D eigenvalue weighted by Gasteiger charge is 2.35. The van der Waals surface area contributed by atoms with E-state index in [1.807, 2.05) is 0 Å². The van der Waals surface area contributed by atoms with Crippen LogP contribution in [0.5, 0.6) is 0 Å². The van der Waals surface area contributed by atoms with E-state index < -0.39 is 0 Å². The predicted molar refractivity (Wildman–Crippen MR) is 68.7 cm³/mol. The van der Waals surface area contributed by atoms with E-state index in [0.29, 0.717) is 5.92 Å². The van der Waals surface area contributed by atoms with Gasteiger partial charge in [-0.1, -0.05) is 41.5 Å². The van der Waals surface area contributed by atoms with E-state index in [2.05, 4.69) is 41.5 Å². The molecule has 2 heteroatoms. The Morgan fingerprint density at radius 1 is 0.933 bits per heavy atom. The third-order valence-electron chi connectivity index (χ3n) is 3.27. The van der Waals surface area contributed by atoms with Gasteiger partial charge in [-0.05, 0) is 36.1 Å². The minimum absolute atomic E-state index is 0.173.